The van der Waals surface area contributed by atoms with Gasteiger partial charge in [-0.2, -0.15) is 0 Å². The lowest BCUT2D eigenvalue weighted by molar-refractivity contribution is -0.141. The maximum Gasteiger partial charge on any atom is 0.305 e. The SMILES string of the molecule is CCOc1cc(C2c3sc(=O)[nH]c3SC3C4CC(C5C(=O)N(CCC(=O)Nc6ccc(C)cc6)C(=O)C45)C23)ccc1O. The van der Waals surface area contributed by atoms with Crippen molar-refractivity contribution < 1.29 is 24.2 Å². The van der Waals surface area contributed by atoms with Gasteiger partial charge in [-0.3, -0.25) is 24.1 Å². The molecule has 1 aromatic heterocycles. The number of amides is 3. The Morgan fingerprint density at radius 3 is 2.57 bits per heavy atom. The third-order valence-corrected chi connectivity index (χ3v) is 11.9. The van der Waals surface area contributed by atoms with Crippen molar-refractivity contribution in [1.82, 2.24) is 9.88 Å². The molecule has 3 fully saturated rings. The number of nitrogens with one attached hydrogen (secondary N) is 2. The van der Waals surface area contributed by atoms with E-state index < -0.39 is 11.8 Å². The molecular weight excluding hydrogens is 574 g/mol. The number of carbonyl (C=O) groups is 3. The molecule has 1 saturated heterocycles. The topological polar surface area (TPSA) is 129 Å². The smallest absolute Gasteiger partial charge is 0.305 e. The molecule has 2 saturated carbocycles. The molecular formula is C31H31N3O6S2. The number of rotatable bonds is 7. The Hall–Kier alpha value is -3.57. The summed E-state index contributed by atoms with van der Waals surface area (Å²) in [6.07, 6.45) is 0.819. The Morgan fingerprint density at radius 2 is 1.83 bits per heavy atom. The first kappa shape index (κ1) is 27.3. The summed E-state index contributed by atoms with van der Waals surface area (Å²) in [6.45, 7) is 4.28. The van der Waals surface area contributed by atoms with Gasteiger partial charge in [0.05, 0.1) is 23.5 Å². The molecule has 7 atom stereocenters. The van der Waals surface area contributed by atoms with Gasteiger partial charge in [0, 0.05) is 34.7 Å². The predicted octanol–water partition coefficient (Wildman–Crippen LogP) is 4.35. The summed E-state index contributed by atoms with van der Waals surface area (Å²) in [5.41, 5.74) is 2.69. The fourth-order valence-electron chi connectivity index (χ4n) is 7.74. The van der Waals surface area contributed by atoms with Crippen LogP contribution in [0.15, 0.2) is 52.3 Å². The number of fused-ring (bicyclic) bond motifs is 9. The number of hydrogen-bond donors (Lipinski definition) is 3. The average Bonchev–Trinajstić information content (AvgIpc) is 3.69. The van der Waals surface area contributed by atoms with Crippen LogP contribution in [-0.4, -0.2) is 51.1 Å². The first-order valence-corrected chi connectivity index (χ1v) is 16.0. The van der Waals surface area contributed by atoms with Crippen LogP contribution < -0.4 is 14.9 Å². The van der Waals surface area contributed by atoms with Crippen LogP contribution >= 0.6 is 23.1 Å². The molecule has 9 nitrogen and oxygen atoms in total. The van der Waals surface area contributed by atoms with E-state index >= 15 is 0 Å². The lowest BCUT2D eigenvalue weighted by Gasteiger charge is -2.43. The highest BCUT2D eigenvalue weighted by Crippen LogP contribution is 2.68. The molecule has 11 heteroatoms. The van der Waals surface area contributed by atoms with Crippen LogP contribution in [0.4, 0.5) is 5.69 Å². The minimum absolute atomic E-state index is 0.000337. The number of hydrogen-bond acceptors (Lipinski definition) is 8. The van der Waals surface area contributed by atoms with Crippen molar-refractivity contribution in [3.63, 3.8) is 0 Å². The van der Waals surface area contributed by atoms with Gasteiger partial charge in [0.2, 0.25) is 17.7 Å². The Labute approximate surface area is 250 Å². The third-order valence-electron chi connectivity index (χ3n) is 9.36. The molecule has 7 rings (SSSR count). The van der Waals surface area contributed by atoms with Crippen LogP contribution in [0.5, 0.6) is 11.5 Å². The van der Waals surface area contributed by atoms with Crippen molar-refractivity contribution in [2.45, 2.75) is 42.9 Å². The Morgan fingerprint density at radius 1 is 1.10 bits per heavy atom. The molecule has 3 aromatic rings. The fourth-order valence-corrected chi connectivity index (χ4v) is 10.6. The van der Waals surface area contributed by atoms with Crippen molar-refractivity contribution in [2.24, 2.45) is 29.6 Å². The fraction of sp³-hybridized carbons (Fsp3) is 0.419. The van der Waals surface area contributed by atoms with E-state index in [4.69, 9.17) is 4.74 Å². The molecule has 2 bridgehead atoms. The summed E-state index contributed by atoms with van der Waals surface area (Å²) in [5.74, 6) is -1.14. The maximum atomic E-state index is 13.8. The number of aromatic amines is 1. The van der Waals surface area contributed by atoms with Gasteiger partial charge in [-0.1, -0.05) is 35.1 Å². The van der Waals surface area contributed by atoms with E-state index in [0.29, 0.717) is 18.0 Å². The first-order chi connectivity index (χ1) is 20.2. The number of aryl methyl sites for hydroxylation is 1. The van der Waals surface area contributed by atoms with Crippen LogP contribution in [0.25, 0.3) is 0 Å². The second-order valence-electron chi connectivity index (χ2n) is 11.6. The molecule has 2 aromatic carbocycles. The number of H-pyrrole nitrogens is 1. The van der Waals surface area contributed by atoms with Gasteiger partial charge < -0.3 is 20.1 Å². The number of thioether (sulfide) groups is 1. The number of aromatic hydroxyl groups is 1. The molecule has 2 aliphatic heterocycles. The maximum absolute atomic E-state index is 13.8. The van der Waals surface area contributed by atoms with Gasteiger partial charge in [-0.25, -0.2) is 0 Å². The first-order valence-electron chi connectivity index (χ1n) is 14.3. The van der Waals surface area contributed by atoms with E-state index in [0.717, 1.165) is 27.5 Å². The van der Waals surface area contributed by atoms with E-state index in [1.54, 1.807) is 17.8 Å². The Kier molecular flexibility index (Phi) is 6.69. The number of benzene rings is 2. The molecule has 218 valence electrons. The van der Waals surface area contributed by atoms with Crippen LogP contribution in [0, 0.1) is 36.5 Å². The second-order valence-corrected chi connectivity index (χ2v) is 13.8. The number of carbonyl (C=O) groups excluding carboxylic acids is 3. The third kappa shape index (κ3) is 4.27. The van der Waals surface area contributed by atoms with E-state index in [2.05, 4.69) is 10.3 Å². The number of ether oxygens (including phenoxy) is 1. The molecule has 3 heterocycles. The van der Waals surface area contributed by atoms with Gasteiger partial charge >= 0.3 is 4.87 Å². The average molecular weight is 606 g/mol. The zero-order valence-electron chi connectivity index (χ0n) is 23.2. The minimum Gasteiger partial charge on any atom is -0.504 e. The zero-order chi connectivity index (χ0) is 29.3. The quantitative estimate of drug-likeness (QED) is 0.342. The number of anilines is 1. The number of phenols is 1. The Balaban J connectivity index is 1.15. The second kappa shape index (κ2) is 10.3. The van der Waals surface area contributed by atoms with Crippen molar-refractivity contribution in [3.8, 4) is 11.5 Å². The summed E-state index contributed by atoms with van der Waals surface area (Å²) >= 11 is 2.82. The molecule has 7 unspecified atom stereocenters. The van der Waals surface area contributed by atoms with Crippen LogP contribution in [0.1, 0.15) is 41.7 Å². The van der Waals surface area contributed by atoms with E-state index in [1.165, 1.54) is 16.2 Å². The van der Waals surface area contributed by atoms with Gasteiger partial charge in [0.25, 0.3) is 0 Å². The van der Waals surface area contributed by atoms with Gasteiger partial charge in [0.1, 0.15) is 0 Å². The highest BCUT2D eigenvalue weighted by atomic mass is 32.2. The number of phenolic OH excluding ortho intramolecular Hbond substituents is 1. The van der Waals surface area contributed by atoms with Crippen LogP contribution in [-0.2, 0) is 14.4 Å². The zero-order valence-corrected chi connectivity index (χ0v) is 24.8. The highest BCUT2D eigenvalue weighted by Gasteiger charge is 2.69. The molecule has 2 aliphatic carbocycles. The number of likely N-dealkylation sites (tertiary alicyclic amines) is 1. The lowest BCUT2D eigenvalue weighted by atomic mass is 9.68. The summed E-state index contributed by atoms with van der Waals surface area (Å²) in [6, 6.07) is 12.8. The monoisotopic (exact) mass is 605 g/mol. The minimum atomic E-state index is -0.423. The summed E-state index contributed by atoms with van der Waals surface area (Å²) in [4.78, 5) is 57.8. The normalized spacial score (nSPS) is 28.9. The summed E-state index contributed by atoms with van der Waals surface area (Å²) < 4.78 is 5.68. The van der Waals surface area contributed by atoms with E-state index in [9.17, 15) is 24.3 Å². The molecule has 42 heavy (non-hydrogen) atoms. The van der Waals surface area contributed by atoms with Crippen molar-refractivity contribution in [2.75, 3.05) is 18.5 Å². The largest absolute Gasteiger partial charge is 0.504 e. The van der Waals surface area contributed by atoms with Crippen molar-refractivity contribution in [3.05, 3.63) is 68.1 Å². The number of imide groups is 1. The van der Waals surface area contributed by atoms with E-state index in [-0.39, 0.29) is 70.2 Å². The molecule has 3 N–H and O–H groups in total. The van der Waals surface area contributed by atoms with Crippen molar-refractivity contribution in [1.29, 1.82) is 0 Å². The van der Waals surface area contributed by atoms with Gasteiger partial charge in [0.15, 0.2) is 11.5 Å². The summed E-state index contributed by atoms with van der Waals surface area (Å²) in [7, 11) is 0. The number of aromatic nitrogens is 1. The van der Waals surface area contributed by atoms with Gasteiger partial charge in [-0.15, -0.1) is 11.8 Å². The van der Waals surface area contributed by atoms with E-state index in [1.807, 2.05) is 50.2 Å². The molecule has 0 radical (unpaired) electrons. The standard InChI is InChI=1S/C31H31N3O6S2/c1-3-40-20-12-15(6-9-19(20)35)22-23-17-13-18(26(23)41-28-27(22)42-31(39)33-28)25-24(17)29(37)34(30(25)38)11-10-21(36)32-16-7-4-14(2)5-8-16/h4-9,12,17-18,22-26,35H,3,10-11,13H2,1-2H3,(H,32,36)(H,33,39). The Bertz CT molecular complexity index is 1650. The molecule has 4 aliphatic rings. The number of thiazole rings is 1. The number of nitrogens with zero attached hydrogens (tertiary/aromatic N) is 1. The highest BCUT2D eigenvalue weighted by molar-refractivity contribution is 8.00. The molecule has 0 spiro atoms. The predicted molar refractivity (Wildman–Crippen MR) is 159 cm³/mol. The van der Waals surface area contributed by atoms with Crippen LogP contribution in [0.2, 0.25) is 0 Å². The van der Waals surface area contributed by atoms with Crippen molar-refractivity contribution >= 4 is 46.5 Å². The van der Waals surface area contributed by atoms with Gasteiger partial charge in [-0.05, 0) is 67.9 Å². The summed E-state index contributed by atoms with van der Waals surface area (Å²) in [5, 5.41) is 14.1. The van der Waals surface area contributed by atoms with Crippen LogP contribution in [0.3, 0.4) is 0 Å². The lowest BCUT2D eigenvalue weighted by Crippen LogP contribution is -2.42. The molecule has 3 amide bonds.